The van der Waals surface area contributed by atoms with Gasteiger partial charge in [-0.25, -0.2) is 0 Å². The van der Waals surface area contributed by atoms with Gasteiger partial charge in [-0.1, -0.05) is 48.5 Å². The lowest BCUT2D eigenvalue weighted by molar-refractivity contribution is -0.247. The average Bonchev–Trinajstić information content (AvgIpc) is 3.03. The molecule has 0 bridgehead atoms. The SMILES string of the molecule is CC1CC[C@]2(C)[C@H]3CC[C@@H]4[C@@]5(C)CCC(C(C)(C)O)C5CC[C@@]4(C)[C@]3(C)CC[C@H]2C1(C)C. The van der Waals surface area contributed by atoms with Crippen LogP contribution in [0, 0.1) is 62.6 Å². The molecule has 5 rings (SSSR count). The normalized spacial score (nSPS) is 57.2. The highest BCUT2D eigenvalue weighted by molar-refractivity contribution is 5.19. The van der Waals surface area contributed by atoms with Crippen molar-refractivity contribution < 1.29 is 5.11 Å². The predicted octanol–water partition coefficient (Wildman–Crippen LogP) is 8.49. The van der Waals surface area contributed by atoms with Crippen molar-refractivity contribution >= 4 is 0 Å². The predicted molar refractivity (Wildman–Crippen MR) is 135 cm³/mol. The number of fused-ring (bicyclic) bond motifs is 7. The molecule has 0 aliphatic heterocycles. The van der Waals surface area contributed by atoms with E-state index in [0.29, 0.717) is 33.0 Å². The van der Waals surface area contributed by atoms with E-state index in [2.05, 4.69) is 62.3 Å². The zero-order valence-electron chi connectivity index (χ0n) is 23.0. The van der Waals surface area contributed by atoms with E-state index < -0.39 is 5.60 Å². The van der Waals surface area contributed by atoms with Gasteiger partial charge >= 0.3 is 0 Å². The van der Waals surface area contributed by atoms with Crippen LogP contribution in [0.4, 0.5) is 0 Å². The summed E-state index contributed by atoms with van der Waals surface area (Å²) in [5.41, 5.74) is 1.88. The second kappa shape index (κ2) is 6.79. The third kappa shape index (κ3) is 2.73. The van der Waals surface area contributed by atoms with Crippen LogP contribution >= 0.6 is 0 Å². The van der Waals surface area contributed by atoms with E-state index in [9.17, 15) is 5.11 Å². The molecule has 5 saturated carbocycles. The first-order chi connectivity index (χ1) is 14.6. The zero-order valence-corrected chi connectivity index (χ0v) is 23.0. The average molecular weight is 443 g/mol. The molecule has 32 heavy (non-hydrogen) atoms. The maximum atomic E-state index is 11.0. The number of rotatable bonds is 1. The summed E-state index contributed by atoms with van der Waals surface area (Å²) in [5.74, 6) is 4.73. The first kappa shape index (κ1) is 23.7. The van der Waals surface area contributed by atoms with Crippen LogP contribution in [0.2, 0.25) is 0 Å². The molecule has 0 amide bonds. The molecule has 0 radical (unpaired) electrons. The monoisotopic (exact) mass is 442 g/mol. The summed E-state index contributed by atoms with van der Waals surface area (Å²) in [6.45, 7) is 22.8. The molecule has 0 saturated heterocycles. The Bertz CT molecular complexity index is 761. The van der Waals surface area contributed by atoms with E-state index in [1.54, 1.807) is 0 Å². The fraction of sp³-hybridized carbons (Fsp3) is 1.00. The minimum absolute atomic E-state index is 0.434. The van der Waals surface area contributed by atoms with Crippen LogP contribution in [0.5, 0.6) is 0 Å². The highest BCUT2D eigenvalue weighted by Crippen LogP contribution is 2.78. The quantitative estimate of drug-likeness (QED) is 0.431. The largest absolute Gasteiger partial charge is 0.390 e. The van der Waals surface area contributed by atoms with Gasteiger partial charge in [-0.15, -0.1) is 0 Å². The fourth-order valence-electron chi connectivity index (χ4n) is 12.2. The van der Waals surface area contributed by atoms with E-state index in [0.717, 1.165) is 29.6 Å². The third-order valence-corrected chi connectivity index (χ3v) is 14.4. The lowest BCUT2D eigenvalue weighted by atomic mass is 9.31. The Kier molecular flexibility index (Phi) is 5.03. The summed E-state index contributed by atoms with van der Waals surface area (Å²) in [5, 5.41) is 11.0. The first-order valence-corrected chi connectivity index (χ1v) is 14.3. The fourth-order valence-corrected chi connectivity index (χ4v) is 12.2. The first-order valence-electron chi connectivity index (χ1n) is 14.3. The van der Waals surface area contributed by atoms with E-state index in [1.807, 2.05) is 0 Å². The number of aliphatic hydroxyl groups is 1. The summed E-state index contributed by atoms with van der Waals surface area (Å²) < 4.78 is 0. The van der Waals surface area contributed by atoms with Crippen molar-refractivity contribution in [3.63, 3.8) is 0 Å². The Hall–Kier alpha value is -0.0400. The second-order valence-electron chi connectivity index (χ2n) is 15.8. The Morgan fingerprint density at radius 2 is 1.16 bits per heavy atom. The molecule has 3 unspecified atom stereocenters. The Morgan fingerprint density at radius 1 is 0.625 bits per heavy atom. The van der Waals surface area contributed by atoms with Crippen LogP contribution in [0.3, 0.4) is 0 Å². The Morgan fingerprint density at radius 3 is 1.75 bits per heavy atom. The lowest BCUT2D eigenvalue weighted by Crippen LogP contribution is -2.66. The van der Waals surface area contributed by atoms with Gasteiger partial charge in [0.05, 0.1) is 5.60 Å². The van der Waals surface area contributed by atoms with Gasteiger partial charge in [0.15, 0.2) is 0 Å². The molecular formula is C31H54O. The summed E-state index contributed by atoms with van der Waals surface area (Å²) in [6, 6.07) is 0. The van der Waals surface area contributed by atoms with Gasteiger partial charge < -0.3 is 5.11 Å². The minimum atomic E-state index is -0.521. The number of hydrogen-bond donors (Lipinski definition) is 1. The Labute approximate surface area is 199 Å². The topological polar surface area (TPSA) is 20.2 Å². The van der Waals surface area contributed by atoms with Crippen LogP contribution in [0.25, 0.3) is 0 Å². The van der Waals surface area contributed by atoms with Crippen molar-refractivity contribution in [1.29, 1.82) is 0 Å². The molecule has 0 aromatic heterocycles. The number of hydrogen-bond acceptors (Lipinski definition) is 1. The van der Waals surface area contributed by atoms with Crippen molar-refractivity contribution in [3.8, 4) is 0 Å². The Balaban J connectivity index is 1.51. The summed E-state index contributed by atoms with van der Waals surface area (Å²) in [6.07, 6.45) is 14.0. The molecule has 5 fully saturated rings. The van der Waals surface area contributed by atoms with Gasteiger partial charge in [-0.2, -0.15) is 0 Å². The minimum Gasteiger partial charge on any atom is -0.390 e. The zero-order chi connectivity index (χ0) is 23.5. The summed E-state index contributed by atoms with van der Waals surface area (Å²) in [7, 11) is 0. The van der Waals surface area contributed by atoms with Crippen LogP contribution in [0.15, 0.2) is 0 Å². The molecule has 10 atom stereocenters. The molecule has 1 N–H and O–H groups in total. The second-order valence-corrected chi connectivity index (χ2v) is 15.8. The van der Waals surface area contributed by atoms with Crippen molar-refractivity contribution in [2.24, 2.45) is 62.6 Å². The van der Waals surface area contributed by atoms with Crippen molar-refractivity contribution in [1.82, 2.24) is 0 Å². The maximum absolute atomic E-state index is 11.0. The van der Waals surface area contributed by atoms with Crippen LogP contribution in [-0.4, -0.2) is 10.7 Å². The molecule has 0 aromatic carbocycles. The van der Waals surface area contributed by atoms with Crippen LogP contribution in [-0.2, 0) is 0 Å². The molecule has 5 aliphatic rings. The molecular weight excluding hydrogens is 388 g/mol. The smallest absolute Gasteiger partial charge is 0.0622 e. The standard InChI is InChI=1S/C31H54O/c1-20-12-16-29(7)23(26(20,2)3)15-19-31(9)25(29)11-10-24-28(6)17-13-21(27(4,5)32)22(28)14-18-30(24,31)8/h20-25,32H,10-19H2,1-9H3/t20?,21?,22?,23-,24+,25+,28-,29-,30+,31+/m0/s1. The molecule has 0 heterocycles. The van der Waals surface area contributed by atoms with E-state index in [1.165, 1.54) is 64.2 Å². The van der Waals surface area contributed by atoms with Crippen molar-refractivity contribution in [3.05, 3.63) is 0 Å². The maximum Gasteiger partial charge on any atom is 0.0622 e. The summed E-state index contributed by atoms with van der Waals surface area (Å²) >= 11 is 0. The molecule has 1 nitrogen and oxygen atoms in total. The van der Waals surface area contributed by atoms with Gasteiger partial charge in [0, 0.05) is 0 Å². The lowest BCUT2D eigenvalue weighted by Gasteiger charge is -2.73. The van der Waals surface area contributed by atoms with Gasteiger partial charge in [0.25, 0.3) is 0 Å². The molecule has 0 aromatic rings. The van der Waals surface area contributed by atoms with E-state index in [4.69, 9.17) is 0 Å². The van der Waals surface area contributed by atoms with Crippen LogP contribution < -0.4 is 0 Å². The van der Waals surface area contributed by atoms with Gasteiger partial charge in [-0.3, -0.25) is 0 Å². The molecule has 184 valence electrons. The molecule has 0 spiro atoms. The van der Waals surface area contributed by atoms with Crippen molar-refractivity contribution in [2.75, 3.05) is 0 Å². The van der Waals surface area contributed by atoms with E-state index >= 15 is 0 Å². The molecule has 1 heteroatoms. The highest BCUT2D eigenvalue weighted by Gasteiger charge is 2.71. The summed E-state index contributed by atoms with van der Waals surface area (Å²) in [4.78, 5) is 0. The van der Waals surface area contributed by atoms with Gasteiger partial charge in [-0.05, 0) is 141 Å². The molecule has 5 aliphatic carbocycles. The van der Waals surface area contributed by atoms with Crippen molar-refractivity contribution in [2.45, 2.75) is 132 Å². The van der Waals surface area contributed by atoms with Gasteiger partial charge in [0.2, 0.25) is 0 Å². The highest BCUT2D eigenvalue weighted by atomic mass is 16.3. The third-order valence-electron chi connectivity index (χ3n) is 14.4. The van der Waals surface area contributed by atoms with Crippen LogP contribution in [0.1, 0.15) is 127 Å². The van der Waals surface area contributed by atoms with Gasteiger partial charge in [0.1, 0.15) is 0 Å². The van der Waals surface area contributed by atoms with E-state index in [-0.39, 0.29) is 0 Å².